The maximum atomic E-state index is 12.3. The quantitative estimate of drug-likeness (QED) is 0.691. The maximum Gasteiger partial charge on any atom is 0.224 e. The van der Waals surface area contributed by atoms with E-state index in [1.165, 1.54) is 5.56 Å². The standard InChI is InChI=1S/C21H29N3O/c1-3-24(4-2)20(14-17-8-6-5-7-9-17)16-23-21(25)15-18-10-12-19(22)13-11-18/h5-13,20H,3-4,14-16,22H2,1-2H3,(H,23,25). The summed E-state index contributed by atoms with van der Waals surface area (Å²) in [5.74, 6) is 0.0509. The average Bonchev–Trinajstić information content (AvgIpc) is 2.63. The molecule has 0 saturated heterocycles. The Hall–Kier alpha value is -2.33. The van der Waals surface area contributed by atoms with Gasteiger partial charge in [-0.05, 0) is 42.8 Å². The number of nitrogens with one attached hydrogen (secondary N) is 1. The van der Waals surface area contributed by atoms with Crippen LogP contribution in [0.15, 0.2) is 54.6 Å². The van der Waals surface area contributed by atoms with E-state index in [2.05, 4.69) is 48.3 Å². The SMILES string of the molecule is CCN(CC)C(CNC(=O)Cc1ccc(N)cc1)Cc1ccccc1. The summed E-state index contributed by atoms with van der Waals surface area (Å²) in [6.45, 7) is 6.93. The number of amides is 1. The van der Waals surface area contributed by atoms with Gasteiger partial charge in [-0.1, -0.05) is 56.3 Å². The Bertz CT molecular complexity index is 636. The molecule has 1 atom stereocenters. The molecule has 3 N–H and O–H groups in total. The van der Waals surface area contributed by atoms with Gasteiger partial charge in [0.05, 0.1) is 6.42 Å². The molecular weight excluding hydrogens is 310 g/mol. The van der Waals surface area contributed by atoms with Crippen molar-refractivity contribution in [3.63, 3.8) is 0 Å². The van der Waals surface area contributed by atoms with E-state index in [1.807, 2.05) is 30.3 Å². The molecule has 2 aromatic rings. The Morgan fingerprint density at radius 3 is 2.24 bits per heavy atom. The number of benzene rings is 2. The lowest BCUT2D eigenvalue weighted by Gasteiger charge is -2.30. The molecule has 0 saturated carbocycles. The van der Waals surface area contributed by atoms with E-state index in [-0.39, 0.29) is 5.91 Å². The van der Waals surface area contributed by atoms with Crippen LogP contribution in [0.25, 0.3) is 0 Å². The zero-order chi connectivity index (χ0) is 18.1. The lowest BCUT2D eigenvalue weighted by molar-refractivity contribution is -0.120. The summed E-state index contributed by atoms with van der Waals surface area (Å²) in [6.07, 6.45) is 1.32. The fourth-order valence-electron chi connectivity index (χ4n) is 3.07. The van der Waals surface area contributed by atoms with Crippen LogP contribution in [0.4, 0.5) is 5.69 Å². The summed E-state index contributed by atoms with van der Waals surface area (Å²) < 4.78 is 0. The number of carbonyl (C=O) groups is 1. The summed E-state index contributed by atoms with van der Waals surface area (Å²) in [4.78, 5) is 14.7. The molecule has 0 radical (unpaired) electrons. The topological polar surface area (TPSA) is 58.4 Å². The summed E-state index contributed by atoms with van der Waals surface area (Å²) >= 11 is 0. The van der Waals surface area contributed by atoms with Gasteiger partial charge in [-0.3, -0.25) is 9.69 Å². The highest BCUT2D eigenvalue weighted by atomic mass is 16.1. The molecule has 0 aliphatic heterocycles. The molecule has 0 aromatic heterocycles. The Morgan fingerprint density at radius 1 is 1.00 bits per heavy atom. The third kappa shape index (κ3) is 6.24. The first kappa shape index (κ1) is 19.0. The monoisotopic (exact) mass is 339 g/mol. The third-order valence-electron chi connectivity index (χ3n) is 4.52. The number of anilines is 1. The van der Waals surface area contributed by atoms with Crippen molar-refractivity contribution in [3.05, 3.63) is 65.7 Å². The van der Waals surface area contributed by atoms with E-state index in [0.717, 1.165) is 25.1 Å². The van der Waals surface area contributed by atoms with Crippen LogP contribution in [0.1, 0.15) is 25.0 Å². The third-order valence-corrected chi connectivity index (χ3v) is 4.52. The number of nitrogen functional groups attached to an aromatic ring is 1. The molecular formula is C21H29N3O. The van der Waals surface area contributed by atoms with Crippen LogP contribution in [0, 0.1) is 0 Å². The number of rotatable bonds is 9. The molecule has 0 aliphatic rings. The van der Waals surface area contributed by atoms with Gasteiger partial charge in [0, 0.05) is 18.3 Å². The van der Waals surface area contributed by atoms with Crippen molar-refractivity contribution >= 4 is 11.6 Å². The van der Waals surface area contributed by atoms with Gasteiger partial charge in [-0.2, -0.15) is 0 Å². The van der Waals surface area contributed by atoms with E-state index >= 15 is 0 Å². The summed E-state index contributed by atoms with van der Waals surface area (Å²) in [6, 6.07) is 18.2. The van der Waals surface area contributed by atoms with Gasteiger partial charge in [0.15, 0.2) is 0 Å². The molecule has 0 fully saturated rings. The van der Waals surface area contributed by atoms with Crippen LogP contribution < -0.4 is 11.1 Å². The number of likely N-dealkylation sites (N-methyl/N-ethyl adjacent to an activating group) is 1. The molecule has 0 bridgehead atoms. The molecule has 0 aliphatic carbocycles. The van der Waals surface area contributed by atoms with Crippen LogP contribution in [0.2, 0.25) is 0 Å². The van der Waals surface area contributed by atoms with Gasteiger partial charge in [-0.15, -0.1) is 0 Å². The molecule has 0 heterocycles. The van der Waals surface area contributed by atoms with Crippen LogP contribution >= 0.6 is 0 Å². The highest BCUT2D eigenvalue weighted by molar-refractivity contribution is 5.78. The van der Waals surface area contributed by atoms with Crippen LogP contribution in [0.5, 0.6) is 0 Å². The minimum absolute atomic E-state index is 0.0509. The van der Waals surface area contributed by atoms with Crippen LogP contribution in [-0.2, 0) is 17.6 Å². The Balaban J connectivity index is 1.93. The van der Waals surface area contributed by atoms with E-state index in [0.29, 0.717) is 24.7 Å². The smallest absolute Gasteiger partial charge is 0.224 e. The normalized spacial score (nSPS) is 12.1. The zero-order valence-corrected chi connectivity index (χ0v) is 15.2. The number of hydrogen-bond acceptors (Lipinski definition) is 3. The van der Waals surface area contributed by atoms with Crippen molar-refractivity contribution in [2.24, 2.45) is 0 Å². The Morgan fingerprint density at radius 2 is 1.64 bits per heavy atom. The molecule has 1 unspecified atom stereocenters. The van der Waals surface area contributed by atoms with Gasteiger partial charge >= 0.3 is 0 Å². The minimum Gasteiger partial charge on any atom is -0.399 e. The summed E-state index contributed by atoms with van der Waals surface area (Å²) in [7, 11) is 0. The lowest BCUT2D eigenvalue weighted by Crippen LogP contribution is -2.45. The van der Waals surface area contributed by atoms with Gasteiger partial charge in [0.1, 0.15) is 0 Å². The van der Waals surface area contributed by atoms with E-state index < -0.39 is 0 Å². The highest BCUT2D eigenvalue weighted by Gasteiger charge is 2.17. The molecule has 1 amide bonds. The number of nitrogens with zero attached hydrogens (tertiary/aromatic N) is 1. The zero-order valence-electron chi connectivity index (χ0n) is 15.2. The fraction of sp³-hybridized carbons (Fsp3) is 0.381. The molecule has 4 nitrogen and oxygen atoms in total. The lowest BCUT2D eigenvalue weighted by atomic mass is 10.0. The highest BCUT2D eigenvalue weighted by Crippen LogP contribution is 2.09. The van der Waals surface area contributed by atoms with Crippen molar-refractivity contribution in [1.29, 1.82) is 0 Å². The summed E-state index contributed by atoms with van der Waals surface area (Å²) in [5, 5.41) is 3.10. The second-order valence-corrected chi connectivity index (χ2v) is 6.29. The average molecular weight is 339 g/mol. The predicted octanol–water partition coefficient (Wildman–Crippen LogP) is 2.88. The second-order valence-electron chi connectivity index (χ2n) is 6.29. The maximum absolute atomic E-state index is 12.3. The first-order valence-corrected chi connectivity index (χ1v) is 9.01. The van der Waals surface area contributed by atoms with Crippen LogP contribution in [-0.4, -0.2) is 36.5 Å². The molecule has 0 spiro atoms. The first-order valence-electron chi connectivity index (χ1n) is 9.01. The van der Waals surface area contributed by atoms with E-state index in [4.69, 9.17) is 5.73 Å². The van der Waals surface area contributed by atoms with Gasteiger partial charge < -0.3 is 11.1 Å². The van der Waals surface area contributed by atoms with E-state index in [1.54, 1.807) is 0 Å². The predicted molar refractivity (Wildman–Crippen MR) is 104 cm³/mol. The van der Waals surface area contributed by atoms with E-state index in [9.17, 15) is 4.79 Å². The van der Waals surface area contributed by atoms with Crippen molar-refractivity contribution in [2.45, 2.75) is 32.7 Å². The van der Waals surface area contributed by atoms with Crippen molar-refractivity contribution < 1.29 is 4.79 Å². The van der Waals surface area contributed by atoms with Crippen LogP contribution in [0.3, 0.4) is 0 Å². The second kappa shape index (κ2) is 9.84. The molecule has 2 aromatic carbocycles. The van der Waals surface area contributed by atoms with Gasteiger partial charge in [0.2, 0.25) is 5.91 Å². The molecule has 134 valence electrons. The molecule has 25 heavy (non-hydrogen) atoms. The minimum atomic E-state index is 0.0509. The summed E-state index contributed by atoms with van der Waals surface area (Å²) in [5.41, 5.74) is 8.68. The largest absolute Gasteiger partial charge is 0.399 e. The van der Waals surface area contributed by atoms with Crippen molar-refractivity contribution in [3.8, 4) is 0 Å². The van der Waals surface area contributed by atoms with Gasteiger partial charge in [-0.25, -0.2) is 0 Å². The number of hydrogen-bond donors (Lipinski definition) is 2. The fourth-order valence-corrected chi connectivity index (χ4v) is 3.07. The number of carbonyl (C=O) groups excluding carboxylic acids is 1. The van der Waals surface area contributed by atoms with Crippen molar-refractivity contribution in [2.75, 3.05) is 25.4 Å². The molecule has 2 rings (SSSR count). The molecule has 4 heteroatoms. The Labute approximate surface area is 151 Å². The Kier molecular flexibility index (Phi) is 7.48. The van der Waals surface area contributed by atoms with Gasteiger partial charge in [0.25, 0.3) is 0 Å². The first-order chi connectivity index (χ1) is 12.1. The number of nitrogens with two attached hydrogens (primary N) is 1. The van der Waals surface area contributed by atoms with Crippen molar-refractivity contribution in [1.82, 2.24) is 10.2 Å².